The molecule has 1 heterocycles. The lowest BCUT2D eigenvalue weighted by atomic mass is 9.43. The molecular formula is C23H36O4. The summed E-state index contributed by atoms with van der Waals surface area (Å²) < 4.78 is 13.0. The minimum Gasteiger partial charge on any atom is -0.390 e. The number of aliphatic hydroxyl groups is 1. The van der Waals surface area contributed by atoms with E-state index in [1.165, 1.54) is 0 Å². The molecule has 0 aromatic carbocycles. The lowest BCUT2D eigenvalue weighted by Gasteiger charge is -2.63. The Labute approximate surface area is 163 Å². The number of Topliss-reactive ketones (excluding diaryl/α,β-unsaturated/α-hetero) is 1. The normalized spacial score (nSPS) is 59.0. The van der Waals surface area contributed by atoms with Gasteiger partial charge in [0.15, 0.2) is 5.79 Å². The van der Waals surface area contributed by atoms with Crippen molar-refractivity contribution in [1.82, 2.24) is 0 Å². The second-order valence-corrected chi connectivity index (χ2v) is 11.5. The Balaban J connectivity index is 1.60. The summed E-state index contributed by atoms with van der Waals surface area (Å²) in [5, 5.41) is 11.2. The van der Waals surface area contributed by atoms with E-state index < -0.39 is 11.4 Å². The minimum atomic E-state index is -0.590. The van der Waals surface area contributed by atoms with E-state index in [2.05, 4.69) is 13.8 Å². The van der Waals surface area contributed by atoms with Gasteiger partial charge in [0.2, 0.25) is 0 Å². The summed E-state index contributed by atoms with van der Waals surface area (Å²) in [6.45, 7) is 10.8. The molecule has 4 saturated carbocycles. The molecule has 0 aromatic rings. The van der Waals surface area contributed by atoms with Crippen LogP contribution in [-0.4, -0.2) is 34.5 Å². The quantitative estimate of drug-likeness (QED) is 0.692. The second kappa shape index (κ2) is 5.37. The topological polar surface area (TPSA) is 55.8 Å². The van der Waals surface area contributed by atoms with Gasteiger partial charge >= 0.3 is 0 Å². The van der Waals surface area contributed by atoms with Gasteiger partial charge in [-0.25, -0.2) is 0 Å². The van der Waals surface area contributed by atoms with Gasteiger partial charge in [0.05, 0.1) is 17.8 Å². The summed E-state index contributed by atoms with van der Waals surface area (Å²) >= 11 is 0. The van der Waals surface area contributed by atoms with Crippen molar-refractivity contribution >= 4 is 5.78 Å². The maximum atomic E-state index is 12.4. The van der Waals surface area contributed by atoms with Crippen molar-refractivity contribution in [2.75, 3.05) is 0 Å². The SMILES string of the molecule is CC1(C)O[C@H]2[C@H](O1)[C@H]1CC(=O)CC[C@]1(C)[C@H]1CC[C@@]3(C)[C@@H](CC[C@]3(C)O)[C@H]21. The number of hydrogen-bond donors (Lipinski definition) is 1. The van der Waals surface area contributed by atoms with Crippen LogP contribution in [0, 0.1) is 34.5 Å². The molecule has 27 heavy (non-hydrogen) atoms. The maximum Gasteiger partial charge on any atom is 0.163 e. The highest BCUT2D eigenvalue weighted by Crippen LogP contribution is 2.69. The summed E-state index contributed by atoms with van der Waals surface area (Å²) in [7, 11) is 0. The molecule has 0 spiro atoms. The third-order valence-electron chi connectivity index (χ3n) is 9.92. The van der Waals surface area contributed by atoms with E-state index in [0.29, 0.717) is 30.0 Å². The monoisotopic (exact) mass is 376 g/mol. The highest BCUT2D eigenvalue weighted by molar-refractivity contribution is 5.79. The second-order valence-electron chi connectivity index (χ2n) is 11.5. The van der Waals surface area contributed by atoms with Crippen LogP contribution in [0.15, 0.2) is 0 Å². The third-order valence-corrected chi connectivity index (χ3v) is 9.92. The first-order chi connectivity index (χ1) is 12.5. The molecule has 0 aromatic heterocycles. The molecule has 1 saturated heterocycles. The van der Waals surface area contributed by atoms with Crippen molar-refractivity contribution in [3.63, 3.8) is 0 Å². The van der Waals surface area contributed by atoms with Gasteiger partial charge in [0.25, 0.3) is 0 Å². The fourth-order valence-corrected chi connectivity index (χ4v) is 8.22. The van der Waals surface area contributed by atoms with E-state index in [0.717, 1.165) is 38.5 Å². The van der Waals surface area contributed by atoms with Crippen LogP contribution in [0.25, 0.3) is 0 Å². The van der Waals surface area contributed by atoms with E-state index in [-0.39, 0.29) is 29.0 Å². The Kier molecular flexibility index (Phi) is 3.69. The Morgan fingerprint density at radius 2 is 1.56 bits per heavy atom. The Morgan fingerprint density at radius 1 is 0.889 bits per heavy atom. The summed E-state index contributed by atoms with van der Waals surface area (Å²) in [6.07, 6.45) is 6.64. The maximum absolute atomic E-state index is 12.4. The molecular weight excluding hydrogens is 340 g/mol. The highest BCUT2D eigenvalue weighted by atomic mass is 16.8. The molecule has 0 bridgehead atoms. The van der Waals surface area contributed by atoms with Gasteiger partial charge in [0.1, 0.15) is 5.78 Å². The number of ketones is 1. The highest BCUT2D eigenvalue weighted by Gasteiger charge is 2.70. The van der Waals surface area contributed by atoms with Gasteiger partial charge in [0, 0.05) is 18.8 Å². The van der Waals surface area contributed by atoms with Gasteiger partial charge in [-0.05, 0) is 81.5 Å². The average Bonchev–Trinajstić information content (AvgIpc) is 3.02. The molecule has 152 valence electrons. The number of carbonyl (C=O) groups is 1. The summed E-state index contributed by atoms with van der Waals surface area (Å²) in [5.41, 5.74) is -0.477. The molecule has 5 fully saturated rings. The molecule has 0 unspecified atom stereocenters. The van der Waals surface area contributed by atoms with Gasteiger partial charge < -0.3 is 14.6 Å². The minimum absolute atomic E-state index is 0.0170. The Hall–Kier alpha value is -0.450. The van der Waals surface area contributed by atoms with Crippen LogP contribution in [0.5, 0.6) is 0 Å². The Bertz CT molecular complexity index is 669. The van der Waals surface area contributed by atoms with Crippen LogP contribution in [0.4, 0.5) is 0 Å². The fourth-order valence-electron chi connectivity index (χ4n) is 8.22. The number of ether oxygens (including phenoxy) is 2. The van der Waals surface area contributed by atoms with Gasteiger partial charge in [-0.3, -0.25) is 4.79 Å². The van der Waals surface area contributed by atoms with Crippen LogP contribution in [-0.2, 0) is 14.3 Å². The number of hydrogen-bond acceptors (Lipinski definition) is 4. The lowest BCUT2D eigenvalue weighted by molar-refractivity contribution is -0.194. The summed E-state index contributed by atoms with van der Waals surface area (Å²) in [4.78, 5) is 12.4. The molecule has 0 amide bonds. The van der Waals surface area contributed by atoms with E-state index >= 15 is 0 Å². The number of carbonyl (C=O) groups excluding carboxylic acids is 1. The van der Waals surface area contributed by atoms with Crippen molar-refractivity contribution in [3.05, 3.63) is 0 Å². The van der Waals surface area contributed by atoms with Crippen molar-refractivity contribution in [1.29, 1.82) is 0 Å². The molecule has 4 aliphatic carbocycles. The lowest BCUT2D eigenvalue weighted by Crippen LogP contribution is -2.64. The molecule has 0 radical (unpaired) electrons. The van der Waals surface area contributed by atoms with Crippen molar-refractivity contribution in [2.45, 2.75) is 103 Å². The number of fused-ring (bicyclic) bond motifs is 8. The Morgan fingerprint density at radius 3 is 2.30 bits per heavy atom. The van der Waals surface area contributed by atoms with Gasteiger partial charge in [-0.1, -0.05) is 13.8 Å². The van der Waals surface area contributed by atoms with Gasteiger partial charge in [-0.2, -0.15) is 0 Å². The molecule has 9 atom stereocenters. The first-order valence-electron chi connectivity index (χ1n) is 11.1. The predicted molar refractivity (Wildman–Crippen MR) is 102 cm³/mol. The smallest absolute Gasteiger partial charge is 0.163 e. The molecule has 1 aliphatic heterocycles. The van der Waals surface area contributed by atoms with Crippen molar-refractivity contribution in [3.8, 4) is 0 Å². The molecule has 4 nitrogen and oxygen atoms in total. The molecule has 4 heteroatoms. The van der Waals surface area contributed by atoms with Crippen LogP contribution >= 0.6 is 0 Å². The molecule has 1 N–H and O–H groups in total. The predicted octanol–water partition coefficient (Wildman–Crippen LogP) is 4.09. The fraction of sp³-hybridized carbons (Fsp3) is 0.957. The molecule has 5 rings (SSSR count). The average molecular weight is 377 g/mol. The zero-order valence-corrected chi connectivity index (χ0v) is 17.6. The van der Waals surface area contributed by atoms with E-state index in [9.17, 15) is 9.90 Å². The van der Waals surface area contributed by atoms with E-state index in [4.69, 9.17) is 9.47 Å². The van der Waals surface area contributed by atoms with E-state index in [1.807, 2.05) is 20.8 Å². The zero-order chi connectivity index (χ0) is 19.4. The van der Waals surface area contributed by atoms with Crippen molar-refractivity contribution in [2.24, 2.45) is 34.5 Å². The van der Waals surface area contributed by atoms with Crippen LogP contribution in [0.1, 0.15) is 79.6 Å². The van der Waals surface area contributed by atoms with Crippen LogP contribution in [0.2, 0.25) is 0 Å². The number of rotatable bonds is 0. The largest absolute Gasteiger partial charge is 0.390 e. The first-order valence-corrected chi connectivity index (χ1v) is 11.1. The first kappa shape index (κ1) is 18.6. The zero-order valence-electron chi connectivity index (χ0n) is 17.6. The van der Waals surface area contributed by atoms with E-state index in [1.54, 1.807) is 0 Å². The standard InChI is InChI=1S/C23H36O4/c1-20(2)26-18-16-12-13(24)6-9-21(16,3)14-7-10-22(4)15(8-11-23(22,5)25)17(14)19(18)27-20/h14-19,25H,6-12H2,1-5H3/t14-,15-,16+,17+,18+,19+,21+,22-,23-/m0/s1. The summed E-state index contributed by atoms with van der Waals surface area (Å²) in [6, 6.07) is 0. The van der Waals surface area contributed by atoms with Crippen LogP contribution in [0.3, 0.4) is 0 Å². The summed E-state index contributed by atoms with van der Waals surface area (Å²) in [5.74, 6) is 1.57. The van der Waals surface area contributed by atoms with Gasteiger partial charge in [-0.15, -0.1) is 0 Å². The third kappa shape index (κ3) is 2.30. The van der Waals surface area contributed by atoms with Crippen molar-refractivity contribution < 1.29 is 19.4 Å². The molecule has 5 aliphatic rings. The van der Waals surface area contributed by atoms with Crippen LogP contribution < -0.4 is 0 Å².